The quantitative estimate of drug-likeness (QED) is 0.840. The maximum atomic E-state index is 5.52. The molecule has 1 heterocycles. The van der Waals surface area contributed by atoms with Crippen LogP contribution in [0.5, 0.6) is 0 Å². The van der Waals surface area contributed by atoms with Crippen molar-refractivity contribution in [1.29, 1.82) is 0 Å². The highest BCUT2D eigenvalue weighted by molar-refractivity contribution is 5.20. The molecule has 16 heavy (non-hydrogen) atoms. The molecule has 2 aromatic rings. The molecule has 1 aromatic carbocycles. The smallest absolute Gasteiger partial charge is 0.113 e. The summed E-state index contributed by atoms with van der Waals surface area (Å²) in [6, 6.07) is 10.4. The van der Waals surface area contributed by atoms with E-state index in [0.29, 0.717) is 6.54 Å². The van der Waals surface area contributed by atoms with Gasteiger partial charge in [0.2, 0.25) is 0 Å². The van der Waals surface area contributed by atoms with Crippen molar-refractivity contribution in [2.24, 2.45) is 12.8 Å². The largest absolute Gasteiger partial charge is 0.337 e. The molecule has 3 heteroatoms. The van der Waals surface area contributed by atoms with Crippen molar-refractivity contribution in [3.05, 3.63) is 53.6 Å². The van der Waals surface area contributed by atoms with Crippen LogP contribution < -0.4 is 5.73 Å². The van der Waals surface area contributed by atoms with E-state index in [1.165, 1.54) is 5.56 Å². The Kier molecular flexibility index (Phi) is 3.37. The molecule has 0 amide bonds. The first-order chi connectivity index (χ1) is 7.79. The van der Waals surface area contributed by atoms with Crippen molar-refractivity contribution in [1.82, 2.24) is 9.55 Å². The molecule has 0 saturated carbocycles. The summed E-state index contributed by atoms with van der Waals surface area (Å²) in [5.74, 6) is 1.09. The highest BCUT2D eigenvalue weighted by atomic mass is 15.0. The highest BCUT2D eigenvalue weighted by Crippen LogP contribution is 2.09. The summed E-state index contributed by atoms with van der Waals surface area (Å²) in [6.45, 7) is 0.655. The summed E-state index contributed by atoms with van der Waals surface area (Å²) in [5, 5.41) is 0. The summed E-state index contributed by atoms with van der Waals surface area (Å²) in [7, 11) is 2.03. The van der Waals surface area contributed by atoms with Crippen LogP contribution in [0.3, 0.4) is 0 Å². The molecule has 0 radical (unpaired) electrons. The number of benzene rings is 1. The molecule has 3 nitrogen and oxygen atoms in total. The monoisotopic (exact) mass is 215 g/mol. The van der Waals surface area contributed by atoms with E-state index in [2.05, 4.69) is 40.0 Å². The zero-order valence-electron chi connectivity index (χ0n) is 9.56. The molecular formula is C13H17N3. The molecule has 2 rings (SSSR count). The van der Waals surface area contributed by atoms with Crippen LogP contribution in [0.15, 0.2) is 36.5 Å². The lowest BCUT2D eigenvalue weighted by Crippen LogP contribution is -2.02. The molecule has 0 atom stereocenters. The number of aromatic nitrogens is 2. The van der Waals surface area contributed by atoms with E-state index in [9.17, 15) is 0 Å². The zero-order chi connectivity index (χ0) is 11.4. The fourth-order valence-corrected chi connectivity index (χ4v) is 1.78. The summed E-state index contributed by atoms with van der Waals surface area (Å²) in [6.07, 6.45) is 3.79. The number of hydrogen-bond acceptors (Lipinski definition) is 2. The van der Waals surface area contributed by atoms with E-state index in [4.69, 9.17) is 5.73 Å². The van der Waals surface area contributed by atoms with E-state index < -0.39 is 0 Å². The molecule has 0 bridgehead atoms. The van der Waals surface area contributed by atoms with Crippen LogP contribution in [0.25, 0.3) is 0 Å². The van der Waals surface area contributed by atoms with Crippen LogP contribution in [0, 0.1) is 0 Å². The Balaban J connectivity index is 2.15. The minimum atomic E-state index is 0.655. The predicted molar refractivity (Wildman–Crippen MR) is 65.2 cm³/mol. The third-order valence-corrected chi connectivity index (χ3v) is 2.63. The van der Waals surface area contributed by atoms with Crippen LogP contribution in [0.1, 0.15) is 17.1 Å². The Bertz CT molecular complexity index is 445. The summed E-state index contributed by atoms with van der Waals surface area (Å²) in [4.78, 5) is 4.58. The average Bonchev–Trinajstić information content (AvgIpc) is 2.61. The van der Waals surface area contributed by atoms with Crippen LogP contribution in [0.2, 0.25) is 0 Å². The third kappa shape index (κ3) is 2.49. The van der Waals surface area contributed by atoms with Gasteiger partial charge in [0.25, 0.3) is 0 Å². The van der Waals surface area contributed by atoms with E-state index in [-0.39, 0.29) is 0 Å². The van der Waals surface area contributed by atoms with Gasteiger partial charge in [0, 0.05) is 26.1 Å². The molecule has 0 aliphatic rings. The topological polar surface area (TPSA) is 43.8 Å². The molecule has 0 fully saturated rings. The average molecular weight is 215 g/mol. The lowest BCUT2D eigenvalue weighted by molar-refractivity contribution is 0.821. The maximum Gasteiger partial charge on any atom is 0.113 e. The third-order valence-electron chi connectivity index (χ3n) is 2.63. The Morgan fingerprint density at radius 1 is 1.25 bits per heavy atom. The van der Waals surface area contributed by atoms with E-state index in [1.54, 1.807) is 0 Å². The molecule has 2 N–H and O–H groups in total. The Hall–Kier alpha value is -1.61. The van der Waals surface area contributed by atoms with Crippen molar-refractivity contribution < 1.29 is 0 Å². The SMILES string of the molecule is Cn1cc(CCN)nc1Cc1ccccc1. The lowest BCUT2D eigenvalue weighted by atomic mass is 10.1. The summed E-state index contributed by atoms with van der Waals surface area (Å²) in [5.41, 5.74) is 7.89. The van der Waals surface area contributed by atoms with Crippen molar-refractivity contribution >= 4 is 0 Å². The number of nitrogens with two attached hydrogens (primary N) is 1. The van der Waals surface area contributed by atoms with Gasteiger partial charge in [0.05, 0.1) is 5.69 Å². The number of rotatable bonds is 4. The molecule has 1 aromatic heterocycles. The number of imidazole rings is 1. The Morgan fingerprint density at radius 3 is 2.69 bits per heavy atom. The van der Waals surface area contributed by atoms with E-state index in [1.807, 2.05) is 13.1 Å². The van der Waals surface area contributed by atoms with Gasteiger partial charge in [-0.05, 0) is 12.1 Å². The fourth-order valence-electron chi connectivity index (χ4n) is 1.78. The standard InChI is InChI=1S/C13H17N3/c1-16-10-12(7-8-14)15-13(16)9-11-5-3-2-4-6-11/h2-6,10H,7-9,14H2,1H3. The second-order valence-electron chi connectivity index (χ2n) is 3.96. The van der Waals surface area contributed by atoms with Gasteiger partial charge >= 0.3 is 0 Å². The summed E-state index contributed by atoms with van der Waals surface area (Å²) >= 11 is 0. The van der Waals surface area contributed by atoms with E-state index >= 15 is 0 Å². The zero-order valence-corrected chi connectivity index (χ0v) is 9.56. The molecule has 84 valence electrons. The normalized spacial score (nSPS) is 10.6. The van der Waals surface area contributed by atoms with Gasteiger partial charge in [0.1, 0.15) is 5.82 Å². The number of nitrogens with zero attached hydrogens (tertiary/aromatic N) is 2. The molecule has 0 spiro atoms. The number of hydrogen-bond donors (Lipinski definition) is 1. The second kappa shape index (κ2) is 4.94. The maximum absolute atomic E-state index is 5.52. The van der Waals surface area contributed by atoms with Gasteiger partial charge in [0.15, 0.2) is 0 Å². The van der Waals surface area contributed by atoms with Gasteiger partial charge < -0.3 is 10.3 Å². The molecular weight excluding hydrogens is 198 g/mol. The molecule has 0 aliphatic heterocycles. The first-order valence-electron chi connectivity index (χ1n) is 5.54. The van der Waals surface area contributed by atoms with Crippen molar-refractivity contribution in [2.75, 3.05) is 6.54 Å². The first kappa shape index (κ1) is 10.9. The van der Waals surface area contributed by atoms with Gasteiger partial charge in [-0.25, -0.2) is 4.98 Å². The van der Waals surface area contributed by atoms with Crippen LogP contribution in [0.4, 0.5) is 0 Å². The lowest BCUT2D eigenvalue weighted by Gasteiger charge is -2.00. The highest BCUT2D eigenvalue weighted by Gasteiger charge is 2.05. The van der Waals surface area contributed by atoms with Gasteiger partial charge in [-0.15, -0.1) is 0 Å². The molecule has 0 unspecified atom stereocenters. The van der Waals surface area contributed by atoms with Gasteiger partial charge in [-0.2, -0.15) is 0 Å². The molecule has 0 aliphatic carbocycles. The fraction of sp³-hybridized carbons (Fsp3) is 0.308. The van der Waals surface area contributed by atoms with Crippen molar-refractivity contribution in [3.8, 4) is 0 Å². The second-order valence-corrected chi connectivity index (χ2v) is 3.96. The van der Waals surface area contributed by atoms with Crippen molar-refractivity contribution in [2.45, 2.75) is 12.8 Å². The minimum Gasteiger partial charge on any atom is -0.337 e. The van der Waals surface area contributed by atoms with Crippen LogP contribution >= 0.6 is 0 Å². The van der Waals surface area contributed by atoms with Gasteiger partial charge in [-0.1, -0.05) is 30.3 Å². The van der Waals surface area contributed by atoms with E-state index in [0.717, 1.165) is 24.4 Å². The first-order valence-corrected chi connectivity index (χ1v) is 5.54. The minimum absolute atomic E-state index is 0.655. The predicted octanol–water partition coefficient (Wildman–Crippen LogP) is 1.51. The summed E-state index contributed by atoms with van der Waals surface area (Å²) < 4.78 is 2.08. The molecule has 0 saturated heterocycles. The Labute approximate surface area is 95.9 Å². The van der Waals surface area contributed by atoms with Gasteiger partial charge in [-0.3, -0.25) is 0 Å². The Morgan fingerprint density at radius 2 is 2.00 bits per heavy atom. The van der Waals surface area contributed by atoms with Crippen LogP contribution in [-0.4, -0.2) is 16.1 Å². The number of aryl methyl sites for hydroxylation is 1. The van der Waals surface area contributed by atoms with Crippen molar-refractivity contribution in [3.63, 3.8) is 0 Å². The van der Waals surface area contributed by atoms with Crippen LogP contribution in [-0.2, 0) is 19.9 Å².